The number of rotatable bonds is 4. The van der Waals surface area contributed by atoms with Crippen molar-refractivity contribution in [3.63, 3.8) is 0 Å². The van der Waals surface area contributed by atoms with Gasteiger partial charge in [0.05, 0.1) is 5.69 Å². The molecule has 0 aromatic heterocycles. The Hall–Kier alpha value is -2.66. The number of ether oxygens (including phenoxy) is 1. The first kappa shape index (κ1) is 16.2. The highest BCUT2D eigenvalue weighted by molar-refractivity contribution is 9.10. The molecular formula is C19H13BrFNO2. The molecule has 1 N–H and O–H groups in total. The van der Waals surface area contributed by atoms with E-state index < -0.39 is 11.7 Å². The van der Waals surface area contributed by atoms with Crippen molar-refractivity contribution >= 4 is 27.5 Å². The number of carbonyl (C=O) groups excluding carboxylic acids is 1. The molecule has 3 aromatic carbocycles. The van der Waals surface area contributed by atoms with E-state index in [4.69, 9.17) is 4.74 Å². The van der Waals surface area contributed by atoms with Crippen molar-refractivity contribution in [1.82, 2.24) is 0 Å². The number of benzene rings is 3. The second kappa shape index (κ2) is 7.27. The largest absolute Gasteiger partial charge is 0.457 e. The predicted octanol–water partition coefficient (Wildman–Crippen LogP) is 5.63. The van der Waals surface area contributed by atoms with Crippen molar-refractivity contribution in [2.24, 2.45) is 0 Å². The molecule has 0 fully saturated rings. The normalized spacial score (nSPS) is 10.2. The van der Waals surface area contributed by atoms with Crippen LogP contribution in [0.4, 0.5) is 10.1 Å². The number of nitrogens with one attached hydrogen (secondary N) is 1. The highest BCUT2D eigenvalue weighted by atomic mass is 79.9. The maximum absolute atomic E-state index is 13.8. The number of halogens is 2. The monoisotopic (exact) mass is 385 g/mol. The quantitative estimate of drug-likeness (QED) is 0.631. The maximum Gasteiger partial charge on any atom is 0.255 e. The van der Waals surface area contributed by atoms with Crippen LogP contribution in [0, 0.1) is 5.82 Å². The molecule has 0 saturated carbocycles. The van der Waals surface area contributed by atoms with E-state index in [1.165, 1.54) is 12.1 Å². The van der Waals surface area contributed by atoms with Crippen molar-refractivity contribution < 1.29 is 13.9 Å². The number of carbonyl (C=O) groups is 1. The molecule has 0 aliphatic carbocycles. The second-order valence-corrected chi connectivity index (χ2v) is 5.94. The van der Waals surface area contributed by atoms with E-state index in [1.54, 1.807) is 30.3 Å². The smallest absolute Gasteiger partial charge is 0.255 e. The zero-order chi connectivity index (χ0) is 16.9. The average molecular weight is 386 g/mol. The van der Waals surface area contributed by atoms with Crippen LogP contribution in [0.25, 0.3) is 0 Å². The fraction of sp³-hybridized carbons (Fsp3) is 0. The highest BCUT2D eigenvalue weighted by Gasteiger charge is 2.11. The molecule has 3 rings (SSSR count). The van der Waals surface area contributed by atoms with Gasteiger partial charge in [-0.2, -0.15) is 0 Å². The molecule has 0 heterocycles. The van der Waals surface area contributed by atoms with Crippen LogP contribution in [-0.4, -0.2) is 5.91 Å². The number of anilines is 1. The van der Waals surface area contributed by atoms with Crippen LogP contribution in [0.5, 0.6) is 11.5 Å². The third-order valence-corrected chi connectivity index (χ3v) is 3.75. The molecular weight excluding hydrogens is 373 g/mol. The van der Waals surface area contributed by atoms with E-state index in [-0.39, 0.29) is 5.69 Å². The molecule has 3 aromatic rings. The Bertz CT molecular complexity index is 868. The van der Waals surface area contributed by atoms with Gasteiger partial charge < -0.3 is 10.1 Å². The van der Waals surface area contributed by atoms with E-state index in [9.17, 15) is 9.18 Å². The minimum Gasteiger partial charge on any atom is -0.457 e. The predicted molar refractivity (Wildman–Crippen MR) is 95.0 cm³/mol. The SMILES string of the molecule is O=C(Nc1ccc(Br)cc1F)c1cccc(Oc2ccccc2)c1. The zero-order valence-corrected chi connectivity index (χ0v) is 14.1. The Balaban J connectivity index is 1.77. The van der Waals surface area contributed by atoms with Gasteiger partial charge in [0.25, 0.3) is 5.91 Å². The first-order valence-corrected chi connectivity index (χ1v) is 8.00. The summed E-state index contributed by atoms with van der Waals surface area (Å²) in [5.74, 6) is 0.295. The van der Waals surface area contributed by atoms with Crippen LogP contribution in [0.1, 0.15) is 10.4 Å². The lowest BCUT2D eigenvalue weighted by Gasteiger charge is -2.09. The molecule has 0 spiro atoms. The first-order chi connectivity index (χ1) is 11.6. The molecule has 3 nitrogen and oxygen atoms in total. The molecule has 0 saturated heterocycles. The first-order valence-electron chi connectivity index (χ1n) is 7.21. The molecule has 5 heteroatoms. The Morgan fingerprint density at radius 3 is 2.42 bits per heavy atom. The summed E-state index contributed by atoms with van der Waals surface area (Å²) in [5.41, 5.74) is 0.503. The Kier molecular flexibility index (Phi) is 4.91. The Labute approximate surface area is 147 Å². The summed E-state index contributed by atoms with van der Waals surface area (Å²) < 4.78 is 20.1. The van der Waals surface area contributed by atoms with E-state index >= 15 is 0 Å². The molecule has 0 atom stereocenters. The van der Waals surface area contributed by atoms with Crippen molar-refractivity contribution in [3.05, 3.63) is 88.6 Å². The average Bonchev–Trinajstić information content (AvgIpc) is 2.58. The summed E-state index contributed by atoms with van der Waals surface area (Å²) >= 11 is 3.18. The fourth-order valence-corrected chi connectivity index (χ4v) is 2.44. The van der Waals surface area contributed by atoms with Crippen molar-refractivity contribution in [2.45, 2.75) is 0 Å². The van der Waals surface area contributed by atoms with Gasteiger partial charge in [0.2, 0.25) is 0 Å². The lowest BCUT2D eigenvalue weighted by atomic mass is 10.2. The summed E-state index contributed by atoms with van der Waals surface area (Å²) in [5, 5.41) is 2.55. The van der Waals surface area contributed by atoms with Crippen molar-refractivity contribution in [2.75, 3.05) is 5.32 Å². The summed E-state index contributed by atoms with van der Waals surface area (Å²) in [6.07, 6.45) is 0. The summed E-state index contributed by atoms with van der Waals surface area (Å²) in [7, 11) is 0. The van der Waals surface area contributed by atoms with Crippen LogP contribution >= 0.6 is 15.9 Å². The number of para-hydroxylation sites is 1. The van der Waals surface area contributed by atoms with Crippen LogP contribution in [-0.2, 0) is 0 Å². The summed E-state index contributed by atoms with van der Waals surface area (Å²) in [4.78, 5) is 12.3. The number of hydrogen-bond acceptors (Lipinski definition) is 2. The third kappa shape index (κ3) is 4.00. The van der Waals surface area contributed by atoms with E-state index in [2.05, 4.69) is 21.2 Å². The topological polar surface area (TPSA) is 38.3 Å². The van der Waals surface area contributed by atoms with Gasteiger partial charge in [0, 0.05) is 10.0 Å². The van der Waals surface area contributed by atoms with Gasteiger partial charge in [-0.1, -0.05) is 40.2 Å². The van der Waals surface area contributed by atoms with Crippen molar-refractivity contribution in [3.8, 4) is 11.5 Å². The standard InChI is InChI=1S/C19H13BrFNO2/c20-14-9-10-18(17(21)12-14)22-19(23)13-5-4-8-16(11-13)24-15-6-2-1-3-7-15/h1-12H,(H,22,23). The fourth-order valence-electron chi connectivity index (χ4n) is 2.11. The Morgan fingerprint density at radius 1 is 0.917 bits per heavy atom. The second-order valence-electron chi connectivity index (χ2n) is 5.02. The highest BCUT2D eigenvalue weighted by Crippen LogP contribution is 2.23. The van der Waals surface area contributed by atoms with Gasteiger partial charge in [-0.15, -0.1) is 0 Å². The van der Waals surface area contributed by atoms with Crippen LogP contribution in [0.15, 0.2) is 77.3 Å². The minimum atomic E-state index is -0.505. The van der Waals surface area contributed by atoms with Gasteiger partial charge in [-0.3, -0.25) is 4.79 Å². The molecule has 0 aliphatic heterocycles. The molecule has 120 valence electrons. The van der Waals surface area contributed by atoms with E-state index in [1.807, 2.05) is 30.3 Å². The van der Waals surface area contributed by atoms with Crippen LogP contribution < -0.4 is 10.1 Å². The maximum atomic E-state index is 13.8. The van der Waals surface area contributed by atoms with Crippen molar-refractivity contribution in [1.29, 1.82) is 0 Å². The molecule has 1 amide bonds. The van der Waals surface area contributed by atoms with E-state index in [0.717, 1.165) is 0 Å². The van der Waals surface area contributed by atoms with Gasteiger partial charge in [-0.05, 0) is 48.5 Å². The zero-order valence-electron chi connectivity index (χ0n) is 12.5. The molecule has 0 unspecified atom stereocenters. The van der Waals surface area contributed by atoms with Gasteiger partial charge >= 0.3 is 0 Å². The molecule has 0 bridgehead atoms. The minimum absolute atomic E-state index is 0.123. The van der Waals surface area contributed by atoms with Gasteiger partial charge in [0.15, 0.2) is 0 Å². The molecule has 0 radical (unpaired) electrons. The molecule has 24 heavy (non-hydrogen) atoms. The Morgan fingerprint density at radius 2 is 1.67 bits per heavy atom. The lowest BCUT2D eigenvalue weighted by molar-refractivity contribution is 0.102. The van der Waals surface area contributed by atoms with Gasteiger partial charge in [0.1, 0.15) is 17.3 Å². The third-order valence-electron chi connectivity index (χ3n) is 3.25. The number of amides is 1. The number of hydrogen-bond donors (Lipinski definition) is 1. The lowest BCUT2D eigenvalue weighted by Crippen LogP contribution is -2.13. The summed E-state index contributed by atoms with van der Waals surface area (Å²) in [6.45, 7) is 0. The van der Waals surface area contributed by atoms with Crippen LogP contribution in [0.3, 0.4) is 0 Å². The van der Waals surface area contributed by atoms with Gasteiger partial charge in [-0.25, -0.2) is 4.39 Å². The van der Waals surface area contributed by atoms with E-state index in [0.29, 0.717) is 21.5 Å². The molecule has 0 aliphatic rings. The summed E-state index contributed by atoms with van der Waals surface area (Å²) in [6, 6.07) is 20.4. The van der Waals surface area contributed by atoms with Crippen LogP contribution in [0.2, 0.25) is 0 Å².